The fourth-order valence-electron chi connectivity index (χ4n) is 3.31. The lowest BCUT2D eigenvalue weighted by atomic mass is 9.75. The number of nitrogens with one attached hydrogen (secondary N) is 2. The highest BCUT2D eigenvalue weighted by Crippen LogP contribution is 2.42. The van der Waals surface area contributed by atoms with Gasteiger partial charge in [-0.2, -0.15) is 0 Å². The molecule has 0 aromatic heterocycles. The molecule has 3 rings (SSSR count). The molecule has 1 aliphatic heterocycles. The fraction of sp³-hybridized carbons (Fsp3) is 0.571. The van der Waals surface area contributed by atoms with Crippen LogP contribution in [0.2, 0.25) is 5.02 Å². The van der Waals surface area contributed by atoms with Crippen LogP contribution in [-0.2, 0) is 0 Å². The molecule has 1 heterocycles. The molecule has 2 unspecified atom stereocenters. The van der Waals surface area contributed by atoms with Gasteiger partial charge in [-0.3, -0.25) is 0 Å². The zero-order valence-corrected chi connectivity index (χ0v) is 11.0. The SMILES string of the molecule is CC1CCCC2(CNc3cccc(Cl)c3N2)C1. The molecule has 2 N–H and O–H groups in total. The Morgan fingerprint density at radius 1 is 1.41 bits per heavy atom. The molecule has 2 nitrogen and oxygen atoms in total. The Balaban J connectivity index is 1.91. The Labute approximate surface area is 108 Å². The molecule has 1 fully saturated rings. The quantitative estimate of drug-likeness (QED) is 0.724. The predicted molar refractivity (Wildman–Crippen MR) is 73.9 cm³/mol. The number of rotatable bonds is 0. The third kappa shape index (κ3) is 1.99. The van der Waals surface area contributed by atoms with Crippen molar-refractivity contribution < 1.29 is 0 Å². The maximum Gasteiger partial charge on any atom is 0.0770 e. The highest BCUT2D eigenvalue weighted by Gasteiger charge is 2.38. The van der Waals surface area contributed by atoms with Gasteiger partial charge >= 0.3 is 0 Å². The summed E-state index contributed by atoms with van der Waals surface area (Å²) in [6, 6.07) is 6.05. The number of para-hydroxylation sites is 1. The number of hydrogen-bond donors (Lipinski definition) is 2. The minimum atomic E-state index is 0.218. The van der Waals surface area contributed by atoms with E-state index in [2.05, 4.69) is 23.6 Å². The molecule has 1 aromatic carbocycles. The molecule has 17 heavy (non-hydrogen) atoms. The molecule has 0 amide bonds. The first-order chi connectivity index (χ1) is 8.19. The van der Waals surface area contributed by atoms with E-state index in [1.807, 2.05) is 12.1 Å². The first-order valence-corrected chi connectivity index (χ1v) is 6.87. The third-order valence-electron chi connectivity index (χ3n) is 4.11. The van der Waals surface area contributed by atoms with Crippen LogP contribution in [0.25, 0.3) is 0 Å². The molecule has 1 saturated carbocycles. The van der Waals surface area contributed by atoms with Crippen molar-refractivity contribution in [3.05, 3.63) is 23.2 Å². The standard InChI is InChI=1S/C14H19ClN2/c1-10-4-3-7-14(8-10)9-16-12-6-2-5-11(15)13(12)17-14/h2,5-6,10,16-17H,3-4,7-9H2,1H3. The highest BCUT2D eigenvalue weighted by atomic mass is 35.5. The molecule has 92 valence electrons. The summed E-state index contributed by atoms with van der Waals surface area (Å²) < 4.78 is 0. The summed E-state index contributed by atoms with van der Waals surface area (Å²) in [7, 11) is 0. The molecule has 2 aliphatic rings. The highest BCUT2D eigenvalue weighted by molar-refractivity contribution is 6.34. The van der Waals surface area contributed by atoms with Gasteiger partial charge < -0.3 is 10.6 Å². The van der Waals surface area contributed by atoms with Crippen LogP contribution in [0.3, 0.4) is 0 Å². The van der Waals surface area contributed by atoms with E-state index in [1.165, 1.54) is 25.7 Å². The second kappa shape index (κ2) is 4.09. The van der Waals surface area contributed by atoms with Gasteiger partial charge in [-0.05, 0) is 30.9 Å². The van der Waals surface area contributed by atoms with Crippen molar-refractivity contribution >= 4 is 23.0 Å². The summed E-state index contributed by atoms with van der Waals surface area (Å²) in [6.45, 7) is 3.37. The van der Waals surface area contributed by atoms with Crippen molar-refractivity contribution in [2.75, 3.05) is 17.2 Å². The van der Waals surface area contributed by atoms with Crippen LogP contribution in [-0.4, -0.2) is 12.1 Å². The van der Waals surface area contributed by atoms with Crippen molar-refractivity contribution in [2.45, 2.75) is 38.1 Å². The molecule has 0 saturated heterocycles. The van der Waals surface area contributed by atoms with Gasteiger partial charge in [-0.25, -0.2) is 0 Å². The van der Waals surface area contributed by atoms with E-state index < -0.39 is 0 Å². The Hall–Kier alpha value is -0.890. The van der Waals surface area contributed by atoms with Crippen LogP contribution in [0.4, 0.5) is 11.4 Å². The maximum atomic E-state index is 6.28. The van der Waals surface area contributed by atoms with E-state index in [1.54, 1.807) is 0 Å². The number of halogens is 1. The van der Waals surface area contributed by atoms with Crippen LogP contribution in [0.1, 0.15) is 32.6 Å². The smallest absolute Gasteiger partial charge is 0.0770 e. The number of fused-ring (bicyclic) bond motifs is 1. The van der Waals surface area contributed by atoms with Gasteiger partial charge in [0.2, 0.25) is 0 Å². The minimum absolute atomic E-state index is 0.218. The minimum Gasteiger partial charge on any atom is -0.381 e. The Morgan fingerprint density at radius 2 is 2.29 bits per heavy atom. The maximum absolute atomic E-state index is 6.28. The van der Waals surface area contributed by atoms with Crippen molar-refractivity contribution in [3.63, 3.8) is 0 Å². The van der Waals surface area contributed by atoms with Gasteiger partial charge in [0.05, 0.1) is 21.9 Å². The monoisotopic (exact) mass is 250 g/mol. The largest absolute Gasteiger partial charge is 0.381 e. The lowest BCUT2D eigenvalue weighted by Crippen LogP contribution is -2.50. The topological polar surface area (TPSA) is 24.1 Å². The van der Waals surface area contributed by atoms with Crippen molar-refractivity contribution in [3.8, 4) is 0 Å². The van der Waals surface area contributed by atoms with E-state index in [9.17, 15) is 0 Å². The summed E-state index contributed by atoms with van der Waals surface area (Å²) in [5, 5.41) is 8.08. The lowest BCUT2D eigenvalue weighted by Gasteiger charge is -2.45. The summed E-state index contributed by atoms with van der Waals surface area (Å²) in [6.07, 6.45) is 5.16. The molecular formula is C14H19ClN2. The van der Waals surface area contributed by atoms with Crippen LogP contribution >= 0.6 is 11.6 Å². The van der Waals surface area contributed by atoms with Gasteiger partial charge in [-0.1, -0.05) is 37.4 Å². The van der Waals surface area contributed by atoms with Gasteiger partial charge in [0.1, 0.15) is 0 Å². The van der Waals surface area contributed by atoms with Crippen LogP contribution in [0.5, 0.6) is 0 Å². The second-order valence-corrected chi connectivity index (χ2v) is 6.03. The van der Waals surface area contributed by atoms with Crippen molar-refractivity contribution in [1.29, 1.82) is 0 Å². The number of benzene rings is 1. The van der Waals surface area contributed by atoms with Gasteiger partial charge in [0.25, 0.3) is 0 Å². The van der Waals surface area contributed by atoms with Crippen LogP contribution < -0.4 is 10.6 Å². The zero-order chi connectivity index (χ0) is 11.9. The number of anilines is 2. The molecule has 1 aliphatic carbocycles. The van der Waals surface area contributed by atoms with Crippen LogP contribution in [0, 0.1) is 5.92 Å². The number of hydrogen-bond acceptors (Lipinski definition) is 2. The van der Waals surface area contributed by atoms with Gasteiger partial charge in [0, 0.05) is 6.54 Å². The molecule has 1 spiro atoms. The van der Waals surface area contributed by atoms with E-state index >= 15 is 0 Å². The zero-order valence-electron chi connectivity index (χ0n) is 10.2. The average Bonchev–Trinajstić information content (AvgIpc) is 2.30. The Kier molecular flexibility index (Phi) is 2.70. The summed E-state index contributed by atoms with van der Waals surface area (Å²) in [4.78, 5) is 0. The molecule has 0 radical (unpaired) electrons. The third-order valence-corrected chi connectivity index (χ3v) is 4.43. The summed E-state index contributed by atoms with van der Waals surface area (Å²) >= 11 is 6.28. The molecular weight excluding hydrogens is 232 g/mol. The van der Waals surface area contributed by atoms with E-state index in [0.29, 0.717) is 0 Å². The molecule has 1 aromatic rings. The molecule has 0 bridgehead atoms. The van der Waals surface area contributed by atoms with E-state index in [-0.39, 0.29) is 5.54 Å². The van der Waals surface area contributed by atoms with E-state index in [4.69, 9.17) is 11.6 Å². The summed E-state index contributed by atoms with van der Waals surface area (Å²) in [5.41, 5.74) is 2.45. The van der Waals surface area contributed by atoms with Crippen molar-refractivity contribution in [1.82, 2.24) is 0 Å². The van der Waals surface area contributed by atoms with Crippen LogP contribution in [0.15, 0.2) is 18.2 Å². The second-order valence-electron chi connectivity index (χ2n) is 5.62. The Morgan fingerprint density at radius 3 is 3.12 bits per heavy atom. The molecule has 3 heteroatoms. The first-order valence-electron chi connectivity index (χ1n) is 6.49. The fourth-order valence-corrected chi connectivity index (χ4v) is 3.53. The van der Waals surface area contributed by atoms with Crippen molar-refractivity contribution in [2.24, 2.45) is 5.92 Å². The van der Waals surface area contributed by atoms with Gasteiger partial charge in [-0.15, -0.1) is 0 Å². The first kappa shape index (κ1) is 11.2. The summed E-state index contributed by atoms with van der Waals surface area (Å²) in [5.74, 6) is 0.807. The van der Waals surface area contributed by atoms with Gasteiger partial charge in [0.15, 0.2) is 0 Å². The Bertz CT molecular complexity index is 432. The predicted octanol–water partition coefficient (Wildman–Crippen LogP) is 4.13. The van der Waals surface area contributed by atoms with E-state index in [0.717, 1.165) is 28.9 Å². The molecule has 2 atom stereocenters. The normalized spacial score (nSPS) is 31.5. The average molecular weight is 251 g/mol. The lowest BCUT2D eigenvalue weighted by molar-refractivity contribution is 0.266.